The Labute approximate surface area is 132 Å². The van der Waals surface area contributed by atoms with E-state index in [1.807, 2.05) is 32.9 Å². The largest absolute Gasteiger partial charge is 0.356 e. The van der Waals surface area contributed by atoms with Crippen molar-refractivity contribution in [3.05, 3.63) is 30.1 Å². The first kappa shape index (κ1) is 16.5. The molecule has 1 atom stereocenters. The van der Waals surface area contributed by atoms with Crippen LogP contribution in [0.1, 0.15) is 39.2 Å². The first-order valence-corrected chi connectivity index (χ1v) is 7.85. The van der Waals surface area contributed by atoms with Crippen LogP contribution in [0.5, 0.6) is 0 Å². The SMILES string of the molecule is CC(C)(C)N1C[C@H](C(=O)NCCCc2ccncc2)CC1=O. The maximum Gasteiger partial charge on any atom is 0.225 e. The predicted molar refractivity (Wildman–Crippen MR) is 85.1 cm³/mol. The summed E-state index contributed by atoms with van der Waals surface area (Å²) >= 11 is 0. The van der Waals surface area contributed by atoms with E-state index >= 15 is 0 Å². The molecule has 0 bridgehead atoms. The van der Waals surface area contributed by atoms with E-state index in [0.717, 1.165) is 12.8 Å². The summed E-state index contributed by atoms with van der Waals surface area (Å²) in [6, 6.07) is 3.97. The number of aryl methyl sites for hydroxylation is 1. The summed E-state index contributed by atoms with van der Waals surface area (Å²) in [5, 5.41) is 2.95. The van der Waals surface area contributed by atoms with Gasteiger partial charge in [-0.3, -0.25) is 14.6 Å². The minimum Gasteiger partial charge on any atom is -0.356 e. The molecule has 1 aliphatic heterocycles. The van der Waals surface area contributed by atoms with E-state index in [9.17, 15) is 9.59 Å². The highest BCUT2D eigenvalue weighted by molar-refractivity contribution is 5.89. The summed E-state index contributed by atoms with van der Waals surface area (Å²) in [6.07, 6.45) is 5.69. The molecule has 0 saturated carbocycles. The van der Waals surface area contributed by atoms with Crippen LogP contribution in [-0.2, 0) is 16.0 Å². The van der Waals surface area contributed by atoms with E-state index in [1.165, 1.54) is 5.56 Å². The van der Waals surface area contributed by atoms with Crippen LogP contribution in [-0.4, -0.2) is 40.3 Å². The lowest BCUT2D eigenvalue weighted by atomic mass is 10.1. The molecule has 2 rings (SSSR count). The van der Waals surface area contributed by atoms with Crippen LogP contribution in [0.25, 0.3) is 0 Å². The second-order valence-corrected chi connectivity index (χ2v) is 6.83. The quantitative estimate of drug-likeness (QED) is 0.843. The Morgan fingerprint density at radius 2 is 2.05 bits per heavy atom. The highest BCUT2D eigenvalue weighted by atomic mass is 16.2. The molecule has 5 nitrogen and oxygen atoms in total. The Morgan fingerprint density at radius 1 is 1.36 bits per heavy atom. The third-order valence-electron chi connectivity index (χ3n) is 4.00. The van der Waals surface area contributed by atoms with Gasteiger partial charge in [0.15, 0.2) is 0 Å². The molecule has 5 heteroatoms. The lowest BCUT2D eigenvalue weighted by molar-refractivity contribution is -0.132. The summed E-state index contributed by atoms with van der Waals surface area (Å²) in [5.41, 5.74) is 1.01. The zero-order valence-corrected chi connectivity index (χ0v) is 13.6. The number of aromatic nitrogens is 1. The number of carbonyl (C=O) groups is 2. The van der Waals surface area contributed by atoms with Crippen LogP contribution < -0.4 is 5.32 Å². The van der Waals surface area contributed by atoms with Gasteiger partial charge in [0.1, 0.15) is 0 Å². The van der Waals surface area contributed by atoms with Gasteiger partial charge in [0.25, 0.3) is 0 Å². The topological polar surface area (TPSA) is 62.3 Å². The van der Waals surface area contributed by atoms with Gasteiger partial charge >= 0.3 is 0 Å². The predicted octanol–water partition coefficient (Wildman–Crippen LogP) is 1.78. The molecule has 0 radical (unpaired) electrons. The average Bonchev–Trinajstić information content (AvgIpc) is 2.87. The number of rotatable bonds is 5. The molecular weight excluding hydrogens is 278 g/mol. The van der Waals surface area contributed by atoms with Crippen molar-refractivity contribution < 1.29 is 9.59 Å². The molecular formula is C17H25N3O2. The van der Waals surface area contributed by atoms with Crippen molar-refractivity contribution in [2.75, 3.05) is 13.1 Å². The van der Waals surface area contributed by atoms with Crippen molar-refractivity contribution in [2.45, 2.75) is 45.6 Å². The molecule has 1 aliphatic rings. The molecule has 0 unspecified atom stereocenters. The van der Waals surface area contributed by atoms with Gasteiger partial charge in [0, 0.05) is 37.4 Å². The first-order valence-electron chi connectivity index (χ1n) is 7.85. The Morgan fingerprint density at radius 3 is 2.64 bits per heavy atom. The molecule has 0 spiro atoms. The number of likely N-dealkylation sites (tertiary alicyclic amines) is 1. The van der Waals surface area contributed by atoms with Crippen LogP contribution in [0.15, 0.2) is 24.5 Å². The van der Waals surface area contributed by atoms with Crippen molar-refractivity contribution in [2.24, 2.45) is 5.92 Å². The number of nitrogens with zero attached hydrogens (tertiary/aromatic N) is 2. The van der Waals surface area contributed by atoms with Crippen molar-refractivity contribution in [3.8, 4) is 0 Å². The van der Waals surface area contributed by atoms with Gasteiger partial charge in [-0.2, -0.15) is 0 Å². The van der Waals surface area contributed by atoms with Gasteiger partial charge < -0.3 is 10.2 Å². The highest BCUT2D eigenvalue weighted by Gasteiger charge is 2.39. The van der Waals surface area contributed by atoms with Crippen LogP contribution in [0.3, 0.4) is 0 Å². The van der Waals surface area contributed by atoms with Crippen molar-refractivity contribution in [1.82, 2.24) is 15.2 Å². The van der Waals surface area contributed by atoms with Gasteiger partial charge in [-0.15, -0.1) is 0 Å². The summed E-state index contributed by atoms with van der Waals surface area (Å²) in [6.45, 7) is 7.17. The van der Waals surface area contributed by atoms with Gasteiger partial charge in [-0.1, -0.05) is 0 Å². The second-order valence-electron chi connectivity index (χ2n) is 6.83. The number of hydrogen-bond acceptors (Lipinski definition) is 3. The van der Waals surface area contributed by atoms with Crippen LogP contribution >= 0.6 is 0 Å². The van der Waals surface area contributed by atoms with E-state index in [2.05, 4.69) is 10.3 Å². The molecule has 120 valence electrons. The van der Waals surface area contributed by atoms with Crippen molar-refractivity contribution in [3.63, 3.8) is 0 Å². The van der Waals surface area contributed by atoms with E-state index < -0.39 is 0 Å². The lowest BCUT2D eigenvalue weighted by Crippen LogP contribution is -2.43. The van der Waals surface area contributed by atoms with Gasteiger partial charge in [-0.25, -0.2) is 0 Å². The fourth-order valence-corrected chi connectivity index (χ4v) is 2.73. The Kier molecular flexibility index (Phi) is 5.16. The van der Waals surface area contributed by atoms with E-state index in [1.54, 1.807) is 17.3 Å². The number of nitrogens with one attached hydrogen (secondary N) is 1. The maximum absolute atomic E-state index is 12.2. The normalized spacial score (nSPS) is 18.6. The Balaban J connectivity index is 1.73. The van der Waals surface area contributed by atoms with E-state index in [4.69, 9.17) is 0 Å². The third-order valence-corrected chi connectivity index (χ3v) is 4.00. The van der Waals surface area contributed by atoms with E-state index in [0.29, 0.717) is 19.5 Å². The van der Waals surface area contributed by atoms with Crippen LogP contribution in [0.4, 0.5) is 0 Å². The molecule has 22 heavy (non-hydrogen) atoms. The molecule has 2 amide bonds. The van der Waals surface area contributed by atoms with Crippen molar-refractivity contribution in [1.29, 1.82) is 0 Å². The average molecular weight is 303 g/mol. The standard InChI is InChI=1S/C17H25N3O2/c1-17(2,3)20-12-14(11-15(20)21)16(22)19-8-4-5-13-6-9-18-10-7-13/h6-7,9-10,14H,4-5,8,11-12H2,1-3H3,(H,19,22)/t14-/m1/s1. The highest BCUT2D eigenvalue weighted by Crippen LogP contribution is 2.25. The lowest BCUT2D eigenvalue weighted by Gasteiger charge is -2.31. The summed E-state index contributed by atoms with van der Waals surface area (Å²) in [4.78, 5) is 29.9. The van der Waals surface area contributed by atoms with Crippen molar-refractivity contribution >= 4 is 11.8 Å². The molecule has 1 fully saturated rings. The molecule has 0 aliphatic carbocycles. The summed E-state index contributed by atoms with van der Waals surface area (Å²) < 4.78 is 0. The molecule has 1 N–H and O–H groups in total. The zero-order chi connectivity index (χ0) is 16.2. The molecule has 0 aromatic carbocycles. The Bertz CT molecular complexity index is 522. The fraction of sp³-hybridized carbons (Fsp3) is 0.588. The van der Waals surface area contributed by atoms with Crippen LogP contribution in [0, 0.1) is 5.92 Å². The molecule has 1 aromatic heterocycles. The smallest absolute Gasteiger partial charge is 0.225 e. The minimum absolute atomic E-state index is 0.00479. The van der Waals surface area contributed by atoms with Gasteiger partial charge in [-0.05, 0) is 51.3 Å². The van der Waals surface area contributed by atoms with Crippen LogP contribution in [0.2, 0.25) is 0 Å². The number of hydrogen-bond donors (Lipinski definition) is 1. The minimum atomic E-state index is -0.215. The van der Waals surface area contributed by atoms with Gasteiger partial charge in [0.05, 0.1) is 5.92 Å². The monoisotopic (exact) mass is 303 g/mol. The summed E-state index contributed by atoms with van der Waals surface area (Å²) in [5.74, 6) is -0.146. The summed E-state index contributed by atoms with van der Waals surface area (Å²) in [7, 11) is 0. The number of amides is 2. The molecule has 1 aromatic rings. The Hall–Kier alpha value is -1.91. The van der Waals surface area contributed by atoms with Gasteiger partial charge in [0.2, 0.25) is 11.8 Å². The number of pyridine rings is 1. The molecule has 2 heterocycles. The number of carbonyl (C=O) groups excluding carboxylic acids is 2. The first-order chi connectivity index (χ1) is 10.4. The fourth-order valence-electron chi connectivity index (χ4n) is 2.73. The molecule has 1 saturated heterocycles. The maximum atomic E-state index is 12.2. The third kappa shape index (κ3) is 4.29. The second kappa shape index (κ2) is 6.90. The zero-order valence-electron chi connectivity index (χ0n) is 13.6. The van der Waals surface area contributed by atoms with E-state index in [-0.39, 0.29) is 23.3 Å².